The van der Waals surface area contributed by atoms with Crippen LogP contribution in [0.1, 0.15) is 20.8 Å². The molecule has 0 saturated heterocycles. The fourth-order valence-electron chi connectivity index (χ4n) is 0. The first kappa shape index (κ1) is 10.6. The molecule has 0 aromatic heterocycles. The summed E-state index contributed by atoms with van der Waals surface area (Å²) in [6.07, 6.45) is 1.69. The predicted octanol–water partition coefficient (Wildman–Crippen LogP) is 2.02. The molecule has 0 N–H and O–H groups in total. The molecule has 40 valence electrons. The smallest absolute Gasteiger partial charge is 0 e. The Bertz CT molecular complexity index is 49.7. The zero-order valence-corrected chi connectivity index (χ0v) is 7.61. The maximum Gasteiger partial charge on any atom is 0 e. The molecular formula is C6H11Zr-. The SMILES string of the molecule is [CH-]=CC(C)(C)C.[Zr]. The van der Waals surface area contributed by atoms with Crippen LogP contribution >= 0.6 is 0 Å². The molecule has 0 aromatic carbocycles. The molecule has 0 atom stereocenters. The molecular weight excluding hydrogens is 163 g/mol. The predicted molar refractivity (Wildman–Crippen MR) is 28.3 cm³/mol. The number of hydrogen-bond acceptors (Lipinski definition) is 0. The summed E-state index contributed by atoms with van der Waals surface area (Å²) in [7, 11) is 0. The molecule has 0 bridgehead atoms. The van der Waals surface area contributed by atoms with Crippen LogP contribution in [-0.4, -0.2) is 0 Å². The average molecular weight is 174 g/mol. The summed E-state index contributed by atoms with van der Waals surface area (Å²) >= 11 is 0. The Balaban J connectivity index is 0. The van der Waals surface area contributed by atoms with E-state index in [1.807, 2.05) is 0 Å². The number of allylic oxidation sites excluding steroid dienone is 1. The molecule has 1 heteroatoms. The Kier molecular flexibility index (Phi) is 5.44. The minimum atomic E-state index is 0. The van der Waals surface area contributed by atoms with E-state index in [1.54, 1.807) is 6.08 Å². The van der Waals surface area contributed by atoms with Gasteiger partial charge in [-0.1, -0.05) is 26.2 Å². The van der Waals surface area contributed by atoms with Crippen molar-refractivity contribution < 1.29 is 26.2 Å². The van der Waals surface area contributed by atoms with Crippen molar-refractivity contribution in [2.24, 2.45) is 5.41 Å². The molecule has 0 amide bonds. The van der Waals surface area contributed by atoms with Gasteiger partial charge in [-0.15, -0.1) is 0 Å². The third-order valence-corrected chi connectivity index (χ3v) is 0.500. The summed E-state index contributed by atoms with van der Waals surface area (Å²) < 4.78 is 0. The molecule has 0 fully saturated rings. The monoisotopic (exact) mass is 173 g/mol. The van der Waals surface area contributed by atoms with Crippen molar-refractivity contribution in [3.63, 3.8) is 0 Å². The van der Waals surface area contributed by atoms with Gasteiger partial charge >= 0.3 is 0 Å². The van der Waals surface area contributed by atoms with Gasteiger partial charge in [0.2, 0.25) is 0 Å². The van der Waals surface area contributed by atoms with E-state index in [0.29, 0.717) is 0 Å². The minimum absolute atomic E-state index is 0. The molecule has 0 aliphatic rings. The van der Waals surface area contributed by atoms with E-state index < -0.39 is 0 Å². The quantitative estimate of drug-likeness (QED) is 0.493. The molecule has 0 aromatic rings. The number of hydrogen-bond donors (Lipinski definition) is 0. The molecule has 0 unspecified atom stereocenters. The van der Waals surface area contributed by atoms with E-state index >= 15 is 0 Å². The van der Waals surface area contributed by atoms with Gasteiger partial charge in [0.15, 0.2) is 0 Å². The van der Waals surface area contributed by atoms with Crippen molar-refractivity contribution >= 4 is 0 Å². The summed E-state index contributed by atoms with van der Waals surface area (Å²) in [5, 5.41) is 0. The van der Waals surface area contributed by atoms with Crippen LogP contribution in [0.15, 0.2) is 6.08 Å². The molecule has 0 radical (unpaired) electrons. The zero-order valence-electron chi connectivity index (χ0n) is 5.15. The van der Waals surface area contributed by atoms with Crippen molar-refractivity contribution in [3.05, 3.63) is 12.7 Å². The Hall–Kier alpha value is 0.623. The molecule has 0 nitrogen and oxygen atoms in total. The third kappa shape index (κ3) is 10.8. The van der Waals surface area contributed by atoms with Gasteiger partial charge < -0.3 is 6.58 Å². The van der Waals surface area contributed by atoms with Gasteiger partial charge in [-0.2, -0.15) is 0 Å². The van der Waals surface area contributed by atoms with Crippen LogP contribution in [0.2, 0.25) is 0 Å². The molecule has 0 spiro atoms. The van der Waals surface area contributed by atoms with Crippen LogP contribution < -0.4 is 0 Å². The van der Waals surface area contributed by atoms with Crippen LogP contribution in [0.25, 0.3) is 0 Å². The van der Waals surface area contributed by atoms with Crippen LogP contribution in [-0.2, 0) is 26.2 Å². The second-order valence-electron chi connectivity index (χ2n) is 2.53. The Labute approximate surface area is 65.1 Å². The van der Waals surface area contributed by atoms with E-state index in [0.717, 1.165) is 0 Å². The maximum absolute atomic E-state index is 5.18. The number of rotatable bonds is 0. The normalized spacial score (nSPS) is 9.57. The zero-order chi connectivity index (χ0) is 5.21. The van der Waals surface area contributed by atoms with Gasteiger partial charge in [0, 0.05) is 26.2 Å². The summed E-state index contributed by atoms with van der Waals surface area (Å²) in [6.45, 7) is 11.4. The fraction of sp³-hybridized carbons (Fsp3) is 0.667. The first-order chi connectivity index (χ1) is 2.56. The van der Waals surface area contributed by atoms with E-state index in [-0.39, 0.29) is 31.6 Å². The second kappa shape index (κ2) is 3.60. The summed E-state index contributed by atoms with van der Waals surface area (Å²) in [4.78, 5) is 0. The van der Waals surface area contributed by atoms with E-state index in [9.17, 15) is 0 Å². The van der Waals surface area contributed by atoms with E-state index in [1.165, 1.54) is 0 Å². The molecule has 0 aliphatic heterocycles. The van der Waals surface area contributed by atoms with Crippen molar-refractivity contribution in [2.45, 2.75) is 20.8 Å². The first-order valence-corrected chi connectivity index (χ1v) is 2.12. The van der Waals surface area contributed by atoms with Gasteiger partial charge in [0.05, 0.1) is 0 Å². The van der Waals surface area contributed by atoms with Crippen LogP contribution in [0.4, 0.5) is 0 Å². The van der Waals surface area contributed by atoms with Gasteiger partial charge in [-0.05, 0) is 0 Å². The molecule has 0 heterocycles. The van der Waals surface area contributed by atoms with Crippen LogP contribution in [0, 0.1) is 12.0 Å². The third-order valence-electron chi connectivity index (χ3n) is 0.500. The van der Waals surface area contributed by atoms with Gasteiger partial charge in [0.1, 0.15) is 0 Å². The minimum Gasteiger partial charge on any atom is -0.517 e. The second-order valence-corrected chi connectivity index (χ2v) is 2.53. The van der Waals surface area contributed by atoms with Crippen molar-refractivity contribution in [3.8, 4) is 0 Å². The molecule has 0 saturated carbocycles. The Morgan fingerprint density at radius 1 is 1.29 bits per heavy atom. The van der Waals surface area contributed by atoms with Crippen LogP contribution in [0.5, 0.6) is 0 Å². The summed E-state index contributed by atoms with van der Waals surface area (Å²) in [6, 6.07) is 0. The standard InChI is InChI=1S/C6H11.Zr/c1-5-6(2,3)4;/h1,5H,2-4H3;/q-1;. The van der Waals surface area contributed by atoms with Crippen molar-refractivity contribution in [1.29, 1.82) is 0 Å². The van der Waals surface area contributed by atoms with Crippen molar-refractivity contribution in [1.82, 2.24) is 0 Å². The maximum atomic E-state index is 5.18. The van der Waals surface area contributed by atoms with Crippen LogP contribution in [0.3, 0.4) is 0 Å². The van der Waals surface area contributed by atoms with Gasteiger partial charge in [-0.25, -0.2) is 0 Å². The van der Waals surface area contributed by atoms with Crippen molar-refractivity contribution in [2.75, 3.05) is 0 Å². The average Bonchev–Trinajstić information content (AvgIpc) is 1.35. The first-order valence-electron chi connectivity index (χ1n) is 2.12. The fourth-order valence-corrected chi connectivity index (χ4v) is 0. The van der Waals surface area contributed by atoms with E-state index in [2.05, 4.69) is 20.8 Å². The summed E-state index contributed by atoms with van der Waals surface area (Å²) in [5.74, 6) is 0. The van der Waals surface area contributed by atoms with E-state index in [4.69, 9.17) is 6.58 Å². The summed E-state index contributed by atoms with van der Waals surface area (Å²) in [5.41, 5.74) is 0.194. The largest absolute Gasteiger partial charge is 0.517 e. The topological polar surface area (TPSA) is 0 Å². The molecule has 0 aliphatic carbocycles. The van der Waals surface area contributed by atoms with Gasteiger partial charge in [-0.3, -0.25) is 6.08 Å². The Morgan fingerprint density at radius 3 is 1.43 bits per heavy atom. The van der Waals surface area contributed by atoms with Gasteiger partial charge in [0.25, 0.3) is 0 Å². The molecule has 0 rings (SSSR count). The molecule has 7 heavy (non-hydrogen) atoms. The Morgan fingerprint density at radius 2 is 1.43 bits per heavy atom.